The number of amides is 3. The summed E-state index contributed by atoms with van der Waals surface area (Å²) in [7, 11) is 0. The van der Waals surface area contributed by atoms with Gasteiger partial charge in [0.15, 0.2) is 0 Å². The Morgan fingerprint density at radius 1 is 1.11 bits per heavy atom. The Hall–Kier alpha value is -1.79. The first kappa shape index (κ1) is 16.2. The number of carbonyl (C=O) groups is 3. The van der Waals surface area contributed by atoms with E-state index in [1.54, 1.807) is 0 Å². The molecular weight excluding hydrogens is 238 g/mol. The van der Waals surface area contributed by atoms with Crippen molar-refractivity contribution in [3.63, 3.8) is 0 Å². The van der Waals surface area contributed by atoms with Crippen LogP contribution < -0.4 is 16.0 Å². The summed E-state index contributed by atoms with van der Waals surface area (Å²) in [6.45, 7) is 5.70. The molecule has 7 heteroatoms. The molecule has 3 amide bonds. The second kappa shape index (κ2) is 8.32. The van der Waals surface area contributed by atoms with Gasteiger partial charge >= 0.3 is 12.0 Å². The van der Waals surface area contributed by atoms with Gasteiger partial charge in [0.2, 0.25) is 5.91 Å². The van der Waals surface area contributed by atoms with Crippen LogP contribution in [-0.4, -0.2) is 42.1 Å². The molecule has 0 heterocycles. The van der Waals surface area contributed by atoms with Gasteiger partial charge in [-0.2, -0.15) is 0 Å². The Morgan fingerprint density at radius 3 is 2.11 bits per heavy atom. The van der Waals surface area contributed by atoms with Gasteiger partial charge in [-0.25, -0.2) is 9.59 Å². The van der Waals surface area contributed by atoms with Crippen molar-refractivity contribution in [1.29, 1.82) is 0 Å². The smallest absolute Gasteiger partial charge is 0.326 e. The second-order valence-corrected chi connectivity index (χ2v) is 4.40. The maximum absolute atomic E-state index is 11.4. The molecule has 0 aliphatic heterocycles. The van der Waals surface area contributed by atoms with E-state index in [4.69, 9.17) is 5.11 Å². The van der Waals surface area contributed by atoms with Crippen molar-refractivity contribution in [3.05, 3.63) is 0 Å². The molecule has 0 saturated heterocycles. The normalized spacial score (nSPS) is 11.8. The van der Waals surface area contributed by atoms with Crippen molar-refractivity contribution in [3.8, 4) is 0 Å². The number of urea groups is 1. The fraction of sp³-hybridized carbons (Fsp3) is 0.727. The summed E-state index contributed by atoms with van der Waals surface area (Å²) >= 11 is 0. The van der Waals surface area contributed by atoms with Crippen LogP contribution >= 0.6 is 0 Å². The van der Waals surface area contributed by atoms with E-state index in [0.717, 1.165) is 0 Å². The van der Waals surface area contributed by atoms with E-state index < -0.39 is 18.0 Å². The SMILES string of the molecule is CC(=O)NCCNC(=O)N[C@@H](CC(C)C)C(=O)O. The highest BCUT2D eigenvalue weighted by molar-refractivity contribution is 5.82. The molecule has 0 spiro atoms. The predicted molar refractivity (Wildman–Crippen MR) is 66.1 cm³/mol. The number of hydrogen-bond donors (Lipinski definition) is 4. The molecular formula is C11H21N3O4. The monoisotopic (exact) mass is 259 g/mol. The molecule has 0 aromatic rings. The van der Waals surface area contributed by atoms with Gasteiger partial charge in [0.1, 0.15) is 6.04 Å². The third kappa shape index (κ3) is 8.37. The van der Waals surface area contributed by atoms with Crippen LogP contribution in [-0.2, 0) is 9.59 Å². The quantitative estimate of drug-likeness (QED) is 0.480. The largest absolute Gasteiger partial charge is 0.480 e. The van der Waals surface area contributed by atoms with Crippen molar-refractivity contribution in [2.75, 3.05) is 13.1 Å². The Labute approximate surface area is 106 Å². The highest BCUT2D eigenvalue weighted by Gasteiger charge is 2.20. The van der Waals surface area contributed by atoms with Gasteiger partial charge in [-0.15, -0.1) is 0 Å². The molecule has 4 N–H and O–H groups in total. The van der Waals surface area contributed by atoms with E-state index >= 15 is 0 Å². The number of carboxylic acid groups (broad SMARTS) is 1. The first-order valence-corrected chi connectivity index (χ1v) is 5.84. The number of aliphatic carboxylic acids is 1. The molecule has 0 bridgehead atoms. The van der Waals surface area contributed by atoms with Crippen LogP contribution in [0.2, 0.25) is 0 Å². The molecule has 0 aliphatic carbocycles. The molecule has 104 valence electrons. The Bertz CT molecular complexity index is 305. The van der Waals surface area contributed by atoms with Crippen LogP contribution in [0.1, 0.15) is 27.2 Å². The Morgan fingerprint density at radius 2 is 1.67 bits per heavy atom. The first-order chi connectivity index (χ1) is 8.32. The summed E-state index contributed by atoms with van der Waals surface area (Å²) in [5.41, 5.74) is 0. The van der Waals surface area contributed by atoms with Crippen LogP contribution in [0.5, 0.6) is 0 Å². The van der Waals surface area contributed by atoms with Gasteiger partial charge in [-0.3, -0.25) is 4.79 Å². The van der Waals surface area contributed by atoms with Gasteiger partial charge in [0.25, 0.3) is 0 Å². The maximum Gasteiger partial charge on any atom is 0.326 e. The van der Waals surface area contributed by atoms with Gasteiger partial charge in [0, 0.05) is 20.0 Å². The zero-order chi connectivity index (χ0) is 14.1. The van der Waals surface area contributed by atoms with Crippen molar-refractivity contribution >= 4 is 17.9 Å². The molecule has 0 saturated carbocycles. The van der Waals surface area contributed by atoms with Crippen LogP contribution in [0.4, 0.5) is 4.79 Å². The third-order valence-electron chi connectivity index (χ3n) is 2.10. The van der Waals surface area contributed by atoms with E-state index in [0.29, 0.717) is 13.0 Å². The Balaban J connectivity index is 3.95. The number of hydrogen-bond acceptors (Lipinski definition) is 3. The number of nitrogens with one attached hydrogen (secondary N) is 3. The molecule has 0 radical (unpaired) electrons. The average Bonchev–Trinajstić information content (AvgIpc) is 2.22. The molecule has 0 fully saturated rings. The summed E-state index contributed by atoms with van der Waals surface area (Å²) in [4.78, 5) is 32.8. The van der Waals surface area contributed by atoms with Gasteiger partial charge in [-0.05, 0) is 12.3 Å². The summed E-state index contributed by atoms with van der Waals surface area (Å²) in [6.07, 6.45) is 0.369. The molecule has 1 atom stereocenters. The number of carboxylic acids is 1. The lowest BCUT2D eigenvalue weighted by Crippen LogP contribution is -2.48. The first-order valence-electron chi connectivity index (χ1n) is 5.84. The predicted octanol–water partition coefficient (Wildman–Crippen LogP) is -0.0790. The Kier molecular flexibility index (Phi) is 7.50. The lowest BCUT2D eigenvalue weighted by Gasteiger charge is -2.16. The lowest BCUT2D eigenvalue weighted by molar-refractivity contribution is -0.139. The standard InChI is InChI=1S/C11H21N3O4/c1-7(2)6-9(10(16)17)14-11(18)13-5-4-12-8(3)15/h7,9H,4-6H2,1-3H3,(H,12,15)(H,16,17)(H2,13,14,18)/t9-/m0/s1. The van der Waals surface area contributed by atoms with Crippen LogP contribution in [0.25, 0.3) is 0 Å². The van der Waals surface area contributed by atoms with E-state index in [9.17, 15) is 14.4 Å². The zero-order valence-corrected chi connectivity index (χ0v) is 10.9. The topological polar surface area (TPSA) is 108 Å². The second-order valence-electron chi connectivity index (χ2n) is 4.40. The highest BCUT2D eigenvalue weighted by atomic mass is 16.4. The lowest BCUT2D eigenvalue weighted by atomic mass is 10.0. The van der Waals surface area contributed by atoms with Gasteiger partial charge in [0.05, 0.1) is 0 Å². The minimum atomic E-state index is -1.05. The molecule has 0 rings (SSSR count). The maximum atomic E-state index is 11.4. The van der Waals surface area contributed by atoms with Crippen molar-refractivity contribution in [2.45, 2.75) is 33.2 Å². The molecule has 0 aromatic carbocycles. The van der Waals surface area contributed by atoms with Crippen LogP contribution in [0, 0.1) is 5.92 Å². The molecule has 0 aliphatic rings. The van der Waals surface area contributed by atoms with Crippen molar-refractivity contribution in [1.82, 2.24) is 16.0 Å². The summed E-state index contributed by atoms with van der Waals surface area (Å²) < 4.78 is 0. The van der Waals surface area contributed by atoms with Gasteiger partial charge in [-0.1, -0.05) is 13.8 Å². The molecule has 18 heavy (non-hydrogen) atoms. The van der Waals surface area contributed by atoms with E-state index in [1.165, 1.54) is 6.92 Å². The van der Waals surface area contributed by atoms with E-state index in [1.807, 2.05) is 13.8 Å². The van der Waals surface area contributed by atoms with Crippen molar-refractivity contribution < 1.29 is 19.5 Å². The summed E-state index contributed by atoms with van der Waals surface area (Å²) in [6, 6.07) is -1.45. The molecule has 7 nitrogen and oxygen atoms in total. The fourth-order valence-electron chi connectivity index (χ4n) is 1.32. The average molecular weight is 259 g/mol. The van der Waals surface area contributed by atoms with Crippen LogP contribution in [0.15, 0.2) is 0 Å². The highest BCUT2D eigenvalue weighted by Crippen LogP contribution is 2.04. The number of carbonyl (C=O) groups excluding carboxylic acids is 2. The van der Waals surface area contributed by atoms with Crippen molar-refractivity contribution in [2.24, 2.45) is 5.92 Å². The van der Waals surface area contributed by atoms with Gasteiger partial charge < -0.3 is 21.1 Å². The summed E-state index contributed by atoms with van der Waals surface area (Å²) in [5, 5.41) is 16.3. The zero-order valence-electron chi connectivity index (χ0n) is 10.9. The fourth-order valence-corrected chi connectivity index (χ4v) is 1.32. The van der Waals surface area contributed by atoms with Crippen LogP contribution in [0.3, 0.4) is 0 Å². The molecule has 0 unspecified atom stereocenters. The minimum absolute atomic E-state index is 0.172. The summed E-state index contributed by atoms with van der Waals surface area (Å²) in [5.74, 6) is -1.06. The minimum Gasteiger partial charge on any atom is -0.480 e. The molecule has 0 aromatic heterocycles. The number of rotatable bonds is 7. The third-order valence-corrected chi connectivity index (χ3v) is 2.10. The van der Waals surface area contributed by atoms with E-state index in [-0.39, 0.29) is 18.4 Å². The van der Waals surface area contributed by atoms with E-state index in [2.05, 4.69) is 16.0 Å².